The highest BCUT2D eigenvalue weighted by Gasteiger charge is 2.17. The molecule has 1 aromatic carbocycles. The van der Waals surface area contributed by atoms with Crippen LogP contribution in [0.1, 0.15) is 41.4 Å². The Kier molecular flexibility index (Phi) is 6.06. The summed E-state index contributed by atoms with van der Waals surface area (Å²) in [6, 6.07) is 17.0. The first-order chi connectivity index (χ1) is 19.1. The van der Waals surface area contributed by atoms with Gasteiger partial charge in [0.25, 0.3) is 0 Å². The normalized spacial score (nSPS) is 14.4. The first-order valence-electron chi connectivity index (χ1n) is 13.4. The van der Waals surface area contributed by atoms with E-state index in [0.29, 0.717) is 0 Å². The van der Waals surface area contributed by atoms with Crippen LogP contribution < -0.4 is 0 Å². The fraction of sp³-hybridized carbons (Fsp3) is 0.226. The minimum Gasteiger partial charge on any atom is -0.352 e. The van der Waals surface area contributed by atoms with Gasteiger partial charge in [-0.25, -0.2) is 4.98 Å². The fourth-order valence-corrected chi connectivity index (χ4v) is 6.46. The molecule has 0 bridgehead atoms. The van der Waals surface area contributed by atoms with E-state index in [4.69, 9.17) is 4.98 Å². The molecule has 7 rings (SSSR count). The number of fused-ring (bicyclic) bond motifs is 2. The molecule has 1 saturated heterocycles. The lowest BCUT2D eigenvalue weighted by molar-refractivity contribution is 0.102. The van der Waals surface area contributed by atoms with Crippen LogP contribution in [0.25, 0.3) is 54.9 Å². The molecule has 6 aromatic rings. The number of Topliss-reactive ketones (excluding diaryl/α,β-unsaturated/α-hetero) is 1. The Bertz CT molecular complexity index is 1820. The molecule has 0 radical (unpaired) electrons. The van der Waals surface area contributed by atoms with E-state index in [9.17, 15) is 4.79 Å². The van der Waals surface area contributed by atoms with Crippen LogP contribution in [0.2, 0.25) is 0 Å². The van der Waals surface area contributed by atoms with Gasteiger partial charge in [-0.05, 0) is 74.3 Å². The summed E-state index contributed by atoms with van der Waals surface area (Å²) in [6.45, 7) is 4.95. The van der Waals surface area contributed by atoms with E-state index in [1.165, 1.54) is 49.3 Å². The van der Waals surface area contributed by atoms with E-state index in [1.807, 2.05) is 30.7 Å². The van der Waals surface area contributed by atoms with Crippen LogP contribution in [0.15, 0.2) is 67.1 Å². The molecule has 0 spiro atoms. The third kappa shape index (κ3) is 4.56. The number of nitrogens with zero attached hydrogens (tertiary/aromatic N) is 4. The fourth-order valence-electron chi connectivity index (χ4n) is 5.54. The van der Waals surface area contributed by atoms with Crippen LogP contribution in [0.5, 0.6) is 0 Å². The average Bonchev–Trinajstić information content (AvgIpc) is 3.71. The van der Waals surface area contributed by atoms with E-state index < -0.39 is 0 Å². The molecule has 1 aliphatic rings. The number of rotatable bonds is 6. The van der Waals surface area contributed by atoms with Gasteiger partial charge in [0.05, 0.1) is 22.3 Å². The number of aromatic amines is 2. The highest BCUT2D eigenvalue weighted by atomic mass is 32.1. The number of H-pyrrole nitrogens is 2. The van der Waals surface area contributed by atoms with E-state index in [0.717, 1.165) is 66.3 Å². The summed E-state index contributed by atoms with van der Waals surface area (Å²) >= 11 is 1.49. The van der Waals surface area contributed by atoms with Crippen molar-refractivity contribution in [3.63, 3.8) is 0 Å². The molecule has 0 saturated carbocycles. The number of hydrogen-bond donors (Lipinski definition) is 2. The predicted molar refractivity (Wildman–Crippen MR) is 157 cm³/mol. The molecule has 6 heterocycles. The minimum absolute atomic E-state index is 0.0736. The summed E-state index contributed by atoms with van der Waals surface area (Å²) in [5, 5.41) is 9.74. The summed E-state index contributed by atoms with van der Waals surface area (Å²) < 4.78 is 0. The van der Waals surface area contributed by atoms with Crippen molar-refractivity contribution in [3.8, 4) is 33.0 Å². The smallest absolute Gasteiger partial charge is 0.169 e. The topological polar surface area (TPSA) is 90.6 Å². The van der Waals surface area contributed by atoms with Crippen molar-refractivity contribution in [1.82, 2.24) is 30.0 Å². The number of likely N-dealkylation sites (tertiary alicyclic amines) is 1. The van der Waals surface area contributed by atoms with Gasteiger partial charge in [-0.15, -0.1) is 11.3 Å². The minimum atomic E-state index is 0.0736. The second-order valence-electron chi connectivity index (χ2n) is 10.3. The van der Waals surface area contributed by atoms with Crippen LogP contribution >= 0.6 is 11.3 Å². The number of benzene rings is 1. The summed E-state index contributed by atoms with van der Waals surface area (Å²) in [4.78, 5) is 28.8. The molecule has 2 N–H and O–H groups in total. The van der Waals surface area contributed by atoms with Gasteiger partial charge in [-0.2, -0.15) is 5.10 Å². The summed E-state index contributed by atoms with van der Waals surface area (Å²) in [5.74, 6) is 0.0736. The first kappa shape index (κ1) is 23.9. The van der Waals surface area contributed by atoms with Gasteiger partial charge < -0.3 is 4.98 Å². The molecule has 8 heteroatoms. The number of ketones is 1. The van der Waals surface area contributed by atoms with Crippen LogP contribution in [-0.2, 0) is 6.54 Å². The lowest BCUT2D eigenvalue weighted by Gasteiger charge is -2.26. The second-order valence-corrected chi connectivity index (χ2v) is 11.4. The Morgan fingerprint density at radius 3 is 2.72 bits per heavy atom. The third-order valence-electron chi connectivity index (χ3n) is 7.55. The molecule has 0 amide bonds. The Hall–Kier alpha value is -4.14. The molecule has 0 aliphatic carbocycles. The summed E-state index contributed by atoms with van der Waals surface area (Å²) in [6.07, 6.45) is 9.53. The summed E-state index contributed by atoms with van der Waals surface area (Å²) in [5.41, 5.74) is 7.95. The Morgan fingerprint density at radius 2 is 1.87 bits per heavy atom. The Labute approximate surface area is 229 Å². The van der Waals surface area contributed by atoms with Gasteiger partial charge in [0.15, 0.2) is 11.4 Å². The molecule has 5 aromatic heterocycles. The van der Waals surface area contributed by atoms with Crippen molar-refractivity contribution in [1.29, 1.82) is 0 Å². The predicted octanol–water partition coefficient (Wildman–Crippen LogP) is 7.09. The van der Waals surface area contributed by atoms with E-state index >= 15 is 0 Å². The van der Waals surface area contributed by atoms with E-state index in [1.54, 1.807) is 6.92 Å². The number of hydrogen-bond acceptors (Lipinski definition) is 6. The zero-order valence-corrected chi connectivity index (χ0v) is 22.5. The Morgan fingerprint density at radius 1 is 0.974 bits per heavy atom. The lowest BCUT2D eigenvalue weighted by atomic mass is 10.0. The molecule has 1 aliphatic heterocycles. The van der Waals surface area contributed by atoms with Gasteiger partial charge in [-0.3, -0.25) is 19.8 Å². The SMILES string of the molecule is CC(=O)c1ccc(-c2cncc3[nH]c(-c4n[nH]c5ncc(-c6cccc(CN7CCCCC7)c6)cc45)cc23)s1. The zero-order valence-electron chi connectivity index (χ0n) is 21.7. The molecule has 194 valence electrons. The maximum Gasteiger partial charge on any atom is 0.169 e. The molecule has 0 atom stereocenters. The number of thiophene rings is 1. The van der Waals surface area contributed by atoms with E-state index in [2.05, 4.69) is 61.5 Å². The largest absolute Gasteiger partial charge is 0.352 e. The number of carbonyl (C=O) groups excluding carboxylic acids is 1. The second kappa shape index (κ2) is 9.87. The highest BCUT2D eigenvalue weighted by Crippen LogP contribution is 2.37. The number of nitrogens with one attached hydrogen (secondary N) is 2. The van der Waals surface area contributed by atoms with Crippen molar-refractivity contribution in [3.05, 3.63) is 77.6 Å². The molecular weight excluding hydrogens is 504 g/mol. The molecule has 0 unspecified atom stereocenters. The zero-order chi connectivity index (χ0) is 26.3. The maximum atomic E-state index is 11.8. The number of piperidine rings is 1. The molecular formula is C31H28N6OS. The van der Waals surface area contributed by atoms with Gasteiger partial charge in [0.1, 0.15) is 5.69 Å². The van der Waals surface area contributed by atoms with Crippen LogP contribution in [-0.4, -0.2) is 48.9 Å². The third-order valence-corrected chi connectivity index (χ3v) is 8.77. The van der Waals surface area contributed by atoms with Crippen molar-refractivity contribution < 1.29 is 4.79 Å². The van der Waals surface area contributed by atoms with Crippen LogP contribution in [0, 0.1) is 0 Å². The molecule has 7 nitrogen and oxygen atoms in total. The summed E-state index contributed by atoms with van der Waals surface area (Å²) in [7, 11) is 0. The van der Waals surface area contributed by atoms with Crippen molar-refractivity contribution >= 4 is 39.1 Å². The average molecular weight is 533 g/mol. The van der Waals surface area contributed by atoms with Gasteiger partial charge >= 0.3 is 0 Å². The molecule has 1 fully saturated rings. The maximum absolute atomic E-state index is 11.8. The number of pyridine rings is 2. The monoisotopic (exact) mass is 532 g/mol. The van der Waals surface area contributed by atoms with Gasteiger partial charge in [0, 0.05) is 45.7 Å². The van der Waals surface area contributed by atoms with Crippen molar-refractivity contribution in [2.24, 2.45) is 0 Å². The van der Waals surface area contributed by atoms with Crippen molar-refractivity contribution in [2.45, 2.75) is 32.7 Å². The van der Waals surface area contributed by atoms with E-state index in [-0.39, 0.29) is 5.78 Å². The quantitative estimate of drug-likeness (QED) is 0.224. The lowest BCUT2D eigenvalue weighted by Crippen LogP contribution is -2.29. The molecule has 39 heavy (non-hydrogen) atoms. The van der Waals surface area contributed by atoms with Crippen LogP contribution in [0.3, 0.4) is 0 Å². The van der Waals surface area contributed by atoms with Crippen LogP contribution in [0.4, 0.5) is 0 Å². The highest BCUT2D eigenvalue weighted by molar-refractivity contribution is 7.17. The van der Waals surface area contributed by atoms with Gasteiger partial charge in [0.2, 0.25) is 0 Å². The van der Waals surface area contributed by atoms with Gasteiger partial charge in [-0.1, -0.05) is 24.6 Å². The standard InChI is InChI=1S/C31H28N6OS/c1-19(38)28-8-9-29(39-28)25-16-32-17-27-23(25)14-26(34-27)30-24-13-22(15-33-31(24)36-35-30)21-7-5-6-20(12-21)18-37-10-3-2-4-11-37/h5-9,12-17,34H,2-4,10-11,18H2,1H3,(H,33,35,36). The van der Waals surface area contributed by atoms with Crippen molar-refractivity contribution in [2.75, 3.05) is 13.1 Å². The number of carbonyl (C=O) groups is 1. The first-order valence-corrected chi connectivity index (χ1v) is 14.2. The number of aromatic nitrogens is 5. The Balaban J connectivity index is 1.25.